The van der Waals surface area contributed by atoms with Crippen LogP contribution in [0.5, 0.6) is 0 Å². The SMILES string of the molecule is Clc1ccc(C(Br)c2cnn(-c3ccccc3)c2)s1. The van der Waals surface area contributed by atoms with Crippen molar-refractivity contribution in [3.05, 3.63) is 69.6 Å². The van der Waals surface area contributed by atoms with Gasteiger partial charge in [0.05, 0.1) is 21.0 Å². The van der Waals surface area contributed by atoms with Gasteiger partial charge in [0, 0.05) is 16.6 Å². The Morgan fingerprint density at radius 3 is 2.63 bits per heavy atom. The normalized spacial score (nSPS) is 12.5. The maximum atomic E-state index is 5.97. The first kappa shape index (κ1) is 12.9. The molecule has 0 bridgehead atoms. The molecule has 0 amide bonds. The van der Waals surface area contributed by atoms with E-state index in [0.29, 0.717) is 0 Å². The third-order valence-electron chi connectivity index (χ3n) is 2.76. The Bertz CT molecular complexity index is 678. The summed E-state index contributed by atoms with van der Waals surface area (Å²) >= 11 is 11.2. The Balaban J connectivity index is 1.89. The van der Waals surface area contributed by atoms with E-state index in [1.54, 1.807) is 11.3 Å². The monoisotopic (exact) mass is 352 g/mol. The molecule has 19 heavy (non-hydrogen) atoms. The van der Waals surface area contributed by atoms with E-state index in [1.807, 2.05) is 59.5 Å². The second-order valence-electron chi connectivity index (χ2n) is 4.06. The number of nitrogens with zero attached hydrogens (tertiary/aromatic N) is 2. The van der Waals surface area contributed by atoms with Gasteiger partial charge >= 0.3 is 0 Å². The van der Waals surface area contributed by atoms with Crippen LogP contribution in [0.4, 0.5) is 0 Å². The number of alkyl halides is 1. The zero-order valence-corrected chi connectivity index (χ0v) is 13.0. The van der Waals surface area contributed by atoms with Crippen LogP contribution in [0.25, 0.3) is 5.69 Å². The number of hydrogen-bond donors (Lipinski definition) is 0. The minimum absolute atomic E-state index is 0.127. The van der Waals surface area contributed by atoms with E-state index in [1.165, 1.54) is 4.88 Å². The highest BCUT2D eigenvalue weighted by Gasteiger charge is 2.14. The van der Waals surface area contributed by atoms with E-state index in [0.717, 1.165) is 15.6 Å². The molecule has 0 aliphatic carbocycles. The van der Waals surface area contributed by atoms with Crippen molar-refractivity contribution in [1.29, 1.82) is 0 Å². The third kappa shape index (κ3) is 2.76. The molecule has 0 radical (unpaired) electrons. The van der Waals surface area contributed by atoms with Gasteiger partial charge in [0.15, 0.2) is 0 Å². The zero-order chi connectivity index (χ0) is 13.2. The molecule has 1 unspecified atom stereocenters. The summed E-state index contributed by atoms with van der Waals surface area (Å²) in [4.78, 5) is 1.31. The van der Waals surface area contributed by atoms with E-state index in [4.69, 9.17) is 11.6 Å². The third-order valence-corrected chi connectivity index (χ3v) is 5.38. The van der Waals surface area contributed by atoms with Crippen LogP contribution < -0.4 is 0 Å². The summed E-state index contributed by atoms with van der Waals surface area (Å²) in [6.07, 6.45) is 3.91. The van der Waals surface area contributed by atoms with Crippen molar-refractivity contribution in [2.75, 3.05) is 0 Å². The van der Waals surface area contributed by atoms with Crippen LogP contribution in [-0.2, 0) is 0 Å². The summed E-state index contributed by atoms with van der Waals surface area (Å²) in [5.74, 6) is 0. The minimum atomic E-state index is 0.127. The smallest absolute Gasteiger partial charge is 0.0931 e. The molecule has 1 atom stereocenters. The Labute approximate surface area is 128 Å². The van der Waals surface area contributed by atoms with Gasteiger partial charge < -0.3 is 0 Å². The van der Waals surface area contributed by atoms with Crippen molar-refractivity contribution in [3.63, 3.8) is 0 Å². The minimum Gasteiger partial charge on any atom is -0.241 e. The van der Waals surface area contributed by atoms with Crippen molar-refractivity contribution in [2.45, 2.75) is 4.83 Å². The Morgan fingerprint density at radius 2 is 1.95 bits per heavy atom. The fourth-order valence-electron chi connectivity index (χ4n) is 1.82. The summed E-state index contributed by atoms with van der Waals surface area (Å²) in [6, 6.07) is 14.0. The molecule has 0 N–H and O–H groups in total. The van der Waals surface area contributed by atoms with E-state index < -0.39 is 0 Å². The van der Waals surface area contributed by atoms with Crippen LogP contribution in [-0.4, -0.2) is 9.78 Å². The summed E-state index contributed by atoms with van der Waals surface area (Å²) < 4.78 is 2.67. The summed E-state index contributed by atoms with van der Waals surface area (Å²) in [7, 11) is 0. The lowest BCUT2D eigenvalue weighted by Crippen LogP contribution is -1.93. The van der Waals surface area contributed by atoms with Crippen molar-refractivity contribution in [2.24, 2.45) is 0 Å². The lowest BCUT2D eigenvalue weighted by Gasteiger charge is -2.03. The first-order chi connectivity index (χ1) is 9.24. The first-order valence-electron chi connectivity index (χ1n) is 5.73. The van der Waals surface area contributed by atoms with Gasteiger partial charge in [0.25, 0.3) is 0 Å². The molecule has 0 saturated heterocycles. The van der Waals surface area contributed by atoms with Crippen LogP contribution >= 0.6 is 38.9 Å². The second-order valence-corrected chi connectivity index (χ2v) is 6.72. The number of aromatic nitrogens is 2. The molecular weight excluding hydrogens is 344 g/mol. The zero-order valence-electron chi connectivity index (χ0n) is 9.83. The molecular formula is C14H10BrClN2S. The number of rotatable bonds is 3. The van der Waals surface area contributed by atoms with Gasteiger partial charge in [-0.25, -0.2) is 4.68 Å². The van der Waals surface area contributed by atoms with Crippen molar-refractivity contribution in [1.82, 2.24) is 9.78 Å². The molecule has 0 aliphatic heterocycles. The predicted octanol–water partition coefficient (Wildman–Crippen LogP) is 5.07. The molecule has 3 rings (SSSR count). The molecule has 2 nitrogen and oxygen atoms in total. The maximum Gasteiger partial charge on any atom is 0.0931 e. The maximum absolute atomic E-state index is 5.97. The lowest BCUT2D eigenvalue weighted by molar-refractivity contribution is 0.880. The number of halogens is 2. The molecule has 0 spiro atoms. The molecule has 5 heteroatoms. The van der Waals surface area contributed by atoms with Gasteiger partial charge in [-0.15, -0.1) is 11.3 Å². The largest absolute Gasteiger partial charge is 0.241 e. The highest BCUT2D eigenvalue weighted by atomic mass is 79.9. The van der Waals surface area contributed by atoms with E-state index in [9.17, 15) is 0 Å². The summed E-state index contributed by atoms with van der Waals surface area (Å²) in [5, 5.41) is 4.40. The van der Waals surface area contributed by atoms with Crippen molar-refractivity contribution >= 4 is 38.9 Å². The molecule has 2 aromatic heterocycles. The first-order valence-corrected chi connectivity index (χ1v) is 7.84. The lowest BCUT2D eigenvalue weighted by atomic mass is 10.2. The molecule has 0 saturated carbocycles. The Morgan fingerprint density at radius 1 is 1.16 bits per heavy atom. The second kappa shape index (κ2) is 5.49. The van der Waals surface area contributed by atoms with Crippen LogP contribution in [0, 0.1) is 0 Å². The van der Waals surface area contributed by atoms with Crippen molar-refractivity contribution in [3.8, 4) is 5.69 Å². The molecule has 1 aromatic carbocycles. The average molecular weight is 354 g/mol. The number of thiophene rings is 1. The van der Waals surface area contributed by atoms with Crippen LogP contribution in [0.3, 0.4) is 0 Å². The van der Waals surface area contributed by atoms with Crippen LogP contribution in [0.2, 0.25) is 4.34 Å². The molecule has 0 fully saturated rings. The molecule has 96 valence electrons. The van der Waals surface area contributed by atoms with Crippen LogP contribution in [0.1, 0.15) is 15.3 Å². The molecule has 0 aliphatic rings. The van der Waals surface area contributed by atoms with Crippen LogP contribution in [0.15, 0.2) is 54.9 Å². The van der Waals surface area contributed by atoms with Gasteiger partial charge in [0.1, 0.15) is 0 Å². The standard InChI is InChI=1S/C14H10BrClN2S/c15-14(12-6-7-13(16)19-12)10-8-17-18(9-10)11-4-2-1-3-5-11/h1-9,14H. The number of benzene rings is 1. The number of hydrogen-bond acceptors (Lipinski definition) is 2. The molecule has 2 heterocycles. The average Bonchev–Trinajstić information content (AvgIpc) is 3.08. The summed E-state index contributed by atoms with van der Waals surface area (Å²) in [6.45, 7) is 0. The molecule has 3 aromatic rings. The van der Waals surface area contributed by atoms with Gasteiger partial charge in [-0.05, 0) is 24.3 Å². The Kier molecular flexibility index (Phi) is 3.73. The van der Waals surface area contributed by atoms with Gasteiger partial charge in [-0.3, -0.25) is 0 Å². The summed E-state index contributed by atoms with van der Waals surface area (Å²) in [5.41, 5.74) is 2.17. The van der Waals surface area contributed by atoms with E-state index >= 15 is 0 Å². The predicted molar refractivity (Wildman–Crippen MR) is 83.7 cm³/mol. The Hall–Kier alpha value is -1.10. The topological polar surface area (TPSA) is 17.8 Å². The highest BCUT2D eigenvalue weighted by molar-refractivity contribution is 9.09. The van der Waals surface area contributed by atoms with Gasteiger partial charge in [-0.1, -0.05) is 45.7 Å². The fourth-order valence-corrected chi connectivity index (χ4v) is 3.55. The van der Waals surface area contributed by atoms with Gasteiger partial charge in [0.2, 0.25) is 0 Å². The van der Waals surface area contributed by atoms with Crippen molar-refractivity contribution < 1.29 is 0 Å². The number of para-hydroxylation sites is 1. The highest BCUT2D eigenvalue weighted by Crippen LogP contribution is 2.36. The quantitative estimate of drug-likeness (QED) is 0.601. The van der Waals surface area contributed by atoms with Gasteiger partial charge in [-0.2, -0.15) is 5.10 Å². The van der Waals surface area contributed by atoms with E-state index in [2.05, 4.69) is 21.0 Å². The fraction of sp³-hybridized carbons (Fsp3) is 0.0714. The van der Waals surface area contributed by atoms with E-state index in [-0.39, 0.29) is 4.83 Å².